The number of halogens is 2. The van der Waals surface area contributed by atoms with E-state index in [0.29, 0.717) is 22.3 Å². The minimum atomic E-state index is -1.12. The first-order valence-electron chi connectivity index (χ1n) is 5.50. The molecule has 0 saturated carbocycles. The number of carbonyl (C=O) groups is 1. The first kappa shape index (κ1) is 14.4. The number of carboxylic acids is 1. The number of nitrogens with zero attached hydrogens (tertiary/aromatic N) is 1. The summed E-state index contributed by atoms with van der Waals surface area (Å²) in [5.41, 5.74) is 0.641. The van der Waals surface area contributed by atoms with Gasteiger partial charge < -0.3 is 15.2 Å². The average Bonchev–Trinajstić information content (AvgIpc) is 2.42. The van der Waals surface area contributed by atoms with E-state index in [0.717, 1.165) is 0 Å². The molecule has 0 amide bonds. The number of nitrogens with one attached hydrogen (secondary N) is 1. The fraction of sp³-hybridized carbons (Fsp3) is 0.0769. The van der Waals surface area contributed by atoms with Crippen molar-refractivity contribution in [3.8, 4) is 5.75 Å². The highest BCUT2D eigenvalue weighted by atomic mass is 35.5. The van der Waals surface area contributed by atoms with E-state index < -0.39 is 5.97 Å². The zero-order valence-corrected chi connectivity index (χ0v) is 11.9. The maximum absolute atomic E-state index is 11.0. The molecular weight excluding hydrogens is 303 g/mol. The monoisotopic (exact) mass is 312 g/mol. The molecule has 0 aliphatic heterocycles. The summed E-state index contributed by atoms with van der Waals surface area (Å²) in [6, 6.07) is 6.42. The molecule has 0 bridgehead atoms. The van der Waals surface area contributed by atoms with Gasteiger partial charge in [0.1, 0.15) is 11.6 Å². The van der Waals surface area contributed by atoms with E-state index in [1.807, 2.05) is 0 Å². The Morgan fingerprint density at radius 1 is 1.30 bits per heavy atom. The van der Waals surface area contributed by atoms with Crippen LogP contribution in [0.25, 0.3) is 0 Å². The number of aromatic carboxylic acids is 1. The summed E-state index contributed by atoms with van der Waals surface area (Å²) in [4.78, 5) is 15.0. The molecule has 0 atom stereocenters. The summed E-state index contributed by atoms with van der Waals surface area (Å²) in [5.74, 6) is -0.255. The Balaban J connectivity index is 2.30. The van der Waals surface area contributed by atoms with Crippen molar-refractivity contribution in [3.63, 3.8) is 0 Å². The third kappa shape index (κ3) is 3.12. The van der Waals surface area contributed by atoms with Gasteiger partial charge in [0, 0.05) is 18.0 Å². The number of benzene rings is 1. The van der Waals surface area contributed by atoms with Crippen LogP contribution < -0.4 is 10.1 Å². The molecule has 104 valence electrons. The third-order valence-corrected chi connectivity index (χ3v) is 3.12. The van der Waals surface area contributed by atoms with Gasteiger partial charge in [0.15, 0.2) is 0 Å². The lowest BCUT2D eigenvalue weighted by Gasteiger charge is -2.09. The Kier molecular flexibility index (Phi) is 4.32. The summed E-state index contributed by atoms with van der Waals surface area (Å²) in [7, 11) is 1.51. The molecule has 5 nitrogen and oxygen atoms in total. The second-order valence-corrected chi connectivity index (χ2v) is 4.64. The zero-order valence-electron chi connectivity index (χ0n) is 10.4. The predicted molar refractivity (Wildman–Crippen MR) is 77.5 cm³/mol. The zero-order chi connectivity index (χ0) is 14.7. The van der Waals surface area contributed by atoms with Crippen LogP contribution in [-0.2, 0) is 0 Å². The number of carboxylic acid groups (broad SMARTS) is 1. The molecule has 7 heteroatoms. The van der Waals surface area contributed by atoms with Crippen molar-refractivity contribution in [2.24, 2.45) is 0 Å². The highest BCUT2D eigenvalue weighted by molar-refractivity contribution is 6.33. The number of methoxy groups -OCH3 is 1. The van der Waals surface area contributed by atoms with Gasteiger partial charge >= 0.3 is 5.97 Å². The first-order chi connectivity index (χ1) is 9.51. The number of pyridine rings is 1. The van der Waals surface area contributed by atoms with Crippen molar-refractivity contribution >= 4 is 40.7 Å². The Hall–Kier alpha value is -1.98. The fourth-order valence-corrected chi connectivity index (χ4v) is 1.94. The van der Waals surface area contributed by atoms with E-state index in [4.69, 9.17) is 33.0 Å². The Bertz CT molecular complexity index is 662. The second kappa shape index (κ2) is 5.98. The largest absolute Gasteiger partial charge is 0.495 e. The van der Waals surface area contributed by atoms with E-state index >= 15 is 0 Å². The van der Waals surface area contributed by atoms with Crippen LogP contribution in [0.2, 0.25) is 10.0 Å². The molecule has 2 rings (SSSR count). The minimum absolute atomic E-state index is 0.0231. The van der Waals surface area contributed by atoms with Crippen LogP contribution in [0.15, 0.2) is 30.5 Å². The van der Waals surface area contributed by atoms with Gasteiger partial charge in [0.25, 0.3) is 0 Å². The number of rotatable bonds is 4. The van der Waals surface area contributed by atoms with E-state index in [1.54, 1.807) is 18.2 Å². The fourth-order valence-electron chi connectivity index (χ4n) is 1.56. The molecule has 1 heterocycles. The van der Waals surface area contributed by atoms with E-state index in [2.05, 4.69) is 10.3 Å². The Morgan fingerprint density at radius 3 is 2.70 bits per heavy atom. The molecule has 20 heavy (non-hydrogen) atoms. The van der Waals surface area contributed by atoms with Crippen LogP contribution >= 0.6 is 23.2 Å². The first-order valence-corrected chi connectivity index (χ1v) is 6.26. The Morgan fingerprint density at radius 2 is 2.05 bits per heavy atom. The normalized spacial score (nSPS) is 10.2. The van der Waals surface area contributed by atoms with Crippen molar-refractivity contribution in [1.29, 1.82) is 0 Å². The molecule has 0 unspecified atom stereocenters. The van der Waals surface area contributed by atoms with E-state index in [1.165, 1.54) is 19.4 Å². The van der Waals surface area contributed by atoms with Crippen molar-refractivity contribution in [1.82, 2.24) is 4.98 Å². The molecule has 0 aliphatic rings. The topological polar surface area (TPSA) is 71.5 Å². The molecule has 1 aromatic heterocycles. The van der Waals surface area contributed by atoms with Crippen LogP contribution in [0.1, 0.15) is 10.4 Å². The quantitative estimate of drug-likeness (QED) is 0.897. The van der Waals surface area contributed by atoms with Gasteiger partial charge in [-0.2, -0.15) is 0 Å². The highest BCUT2D eigenvalue weighted by Crippen LogP contribution is 2.29. The summed E-state index contributed by atoms with van der Waals surface area (Å²) < 4.78 is 5.10. The molecule has 0 spiro atoms. The average molecular weight is 313 g/mol. The predicted octanol–water partition coefficient (Wildman–Crippen LogP) is 3.84. The molecule has 0 fully saturated rings. The van der Waals surface area contributed by atoms with Crippen LogP contribution in [0.4, 0.5) is 11.5 Å². The summed E-state index contributed by atoms with van der Waals surface area (Å²) in [6.07, 6.45) is 1.28. The van der Waals surface area contributed by atoms with Crippen molar-refractivity contribution < 1.29 is 14.6 Å². The lowest BCUT2D eigenvalue weighted by molar-refractivity contribution is 0.0697. The maximum Gasteiger partial charge on any atom is 0.337 e. The van der Waals surface area contributed by atoms with Crippen LogP contribution in [0.3, 0.4) is 0 Å². The van der Waals surface area contributed by atoms with Gasteiger partial charge in [-0.25, -0.2) is 9.78 Å². The minimum Gasteiger partial charge on any atom is -0.495 e. The van der Waals surface area contributed by atoms with Crippen molar-refractivity contribution in [3.05, 3.63) is 46.1 Å². The van der Waals surface area contributed by atoms with Crippen LogP contribution in [0.5, 0.6) is 5.75 Å². The van der Waals surface area contributed by atoms with Gasteiger partial charge in [-0.05, 0) is 18.2 Å². The summed E-state index contributed by atoms with van der Waals surface area (Å²) >= 11 is 11.7. The van der Waals surface area contributed by atoms with E-state index in [9.17, 15) is 4.79 Å². The van der Waals surface area contributed by atoms with Gasteiger partial charge in [-0.1, -0.05) is 23.2 Å². The number of hydrogen-bond acceptors (Lipinski definition) is 4. The third-order valence-electron chi connectivity index (χ3n) is 2.51. The number of hydrogen-bond donors (Lipinski definition) is 2. The smallest absolute Gasteiger partial charge is 0.337 e. The molecule has 2 N–H and O–H groups in total. The van der Waals surface area contributed by atoms with Crippen LogP contribution in [-0.4, -0.2) is 23.2 Å². The lowest BCUT2D eigenvalue weighted by atomic mass is 10.2. The SMILES string of the molecule is COc1cc(Nc2cc(C(=O)O)c(Cl)cn2)ccc1Cl. The van der Waals surface area contributed by atoms with Gasteiger partial charge in [-0.3, -0.25) is 0 Å². The number of anilines is 2. The van der Waals surface area contributed by atoms with Crippen molar-refractivity contribution in [2.45, 2.75) is 0 Å². The highest BCUT2D eigenvalue weighted by Gasteiger charge is 2.11. The molecule has 0 radical (unpaired) electrons. The second-order valence-electron chi connectivity index (χ2n) is 3.83. The molecular formula is C13H10Cl2N2O3. The van der Waals surface area contributed by atoms with Gasteiger partial charge in [0.2, 0.25) is 0 Å². The number of aromatic nitrogens is 1. The number of ether oxygens (including phenoxy) is 1. The van der Waals surface area contributed by atoms with Crippen molar-refractivity contribution in [2.75, 3.05) is 12.4 Å². The summed E-state index contributed by atoms with van der Waals surface area (Å²) in [5, 5.41) is 12.5. The molecule has 2 aromatic rings. The van der Waals surface area contributed by atoms with Gasteiger partial charge in [-0.15, -0.1) is 0 Å². The van der Waals surface area contributed by atoms with Crippen LogP contribution in [0, 0.1) is 0 Å². The summed E-state index contributed by atoms with van der Waals surface area (Å²) in [6.45, 7) is 0. The standard InChI is InChI=1S/C13H10Cl2N2O3/c1-20-11-4-7(2-3-9(11)14)17-12-5-8(13(18)19)10(15)6-16-12/h2-6H,1H3,(H,16,17)(H,18,19). The lowest BCUT2D eigenvalue weighted by Crippen LogP contribution is -2.01. The van der Waals surface area contributed by atoms with Gasteiger partial charge in [0.05, 0.1) is 22.7 Å². The molecule has 0 saturated heterocycles. The van der Waals surface area contributed by atoms with E-state index in [-0.39, 0.29) is 10.6 Å². The molecule has 0 aliphatic carbocycles. The maximum atomic E-state index is 11.0. The Labute approximate surface area is 125 Å². The molecule has 1 aromatic carbocycles.